The van der Waals surface area contributed by atoms with Gasteiger partial charge >= 0.3 is 0 Å². The van der Waals surface area contributed by atoms with Crippen LogP contribution in [0.3, 0.4) is 0 Å². The Labute approximate surface area is 125 Å². The molecule has 2 heterocycles. The molecule has 21 heavy (non-hydrogen) atoms. The van der Waals surface area contributed by atoms with E-state index in [1.54, 1.807) is 0 Å². The van der Waals surface area contributed by atoms with E-state index in [1.807, 2.05) is 37.4 Å². The van der Waals surface area contributed by atoms with Crippen LogP contribution < -0.4 is 9.80 Å². The molecule has 0 amide bonds. The highest BCUT2D eigenvalue weighted by Crippen LogP contribution is 2.23. The maximum Gasteiger partial charge on any atom is 0.152 e. The Morgan fingerprint density at radius 2 is 1.81 bits per heavy atom. The molecule has 1 aromatic heterocycles. The summed E-state index contributed by atoms with van der Waals surface area (Å²) in [5.41, 5.74) is 2.94. The Balaban J connectivity index is 1.73. The van der Waals surface area contributed by atoms with Gasteiger partial charge in [-0.15, -0.1) is 0 Å². The van der Waals surface area contributed by atoms with Gasteiger partial charge < -0.3 is 9.80 Å². The van der Waals surface area contributed by atoms with Gasteiger partial charge in [0.05, 0.1) is 0 Å². The fourth-order valence-corrected chi connectivity index (χ4v) is 2.77. The number of hydrogen-bond acceptors (Lipinski definition) is 4. The highest BCUT2D eigenvalue weighted by molar-refractivity contribution is 5.85. The van der Waals surface area contributed by atoms with Gasteiger partial charge in [-0.3, -0.25) is 4.79 Å². The summed E-state index contributed by atoms with van der Waals surface area (Å²) in [6.07, 6.45) is 2.78. The number of carbonyl (C=O) groups is 1. The minimum atomic E-state index is 0.779. The fraction of sp³-hybridized carbons (Fsp3) is 0.294. The van der Waals surface area contributed by atoms with Gasteiger partial charge in [0.15, 0.2) is 6.29 Å². The molecular weight excluding hydrogens is 262 g/mol. The number of piperazine rings is 1. The average Bonchev–Trinajstić information content (AvgIpc) is 2.56. The molecule has 108 valence electrons. The number of nitrogens with zero attached hydrogens (tertiary/aromatic N) is 3. The number of pyridine rings is 1. The molecule has 0 saturated carbocycles. The van der Waals surface area contributed by atoms with E-state index in [9.17, 15) is 4.79 Å². The molecule has 0 N–H and O–H groups in total. The zero-order valence-electron chi connectivity index (χ0n) is 12.2. The number of aryl methyl sites for hydroxylation is 1. The van der Waals surface area contributed by atoms with E-state index in [4.69, 9.17) is 0 Å². The summed E-state index contributed by atoms with van der Waals surface area (Å²) in [4.78, 5) is 20.2. The fourth-order valence-electron chi connectivity index (χ4n) is 2.77. The Bertz CT molecular complexity index is 619. The molecule has 0 atom stereocenters. The van der Waals surface area contributed by atoms with E-state index in [2.05, 4.69) is 26.9 Å². The lowest BCUT2D eigenvalue weighted by Crippen LogP contribution is -2.47. The predicted octanol–water partition coefficient (Wildman–Crippen LogP) is 2.53. The summed E-state index contributed by atoms with van der Waals surface area (Å²) in [5, 5.41) is 0. The Morgan fingerprint density at radius 3 is 2.48 bits per heavy atom. The van der Waals surface area contributed by atoms with Crippen molar-refractivity contribution >= 4 is 17.8 Å². The van der Waals surface area contributed by atoms with Crippen LogP contribution in [0.1, 0.15) is 15.9 Å². The number of aldehydes is 1. The Kier molecular flexibility index (Phi) is 3.86. The van der Waals surface area contributed by atoms with E-state index in [-0.39, 0.29) is 0 Å². The second kappa shape index (κ2) is 5.95. The number of anilines is 2. The molecule has 0 spiro atoms. The van der Waals surface area contributed by atoms with Crippen molar-refractivity contribution in [3.63, 3.8) is 0 Å². The first-order chi connectivity index (χ1) is 10.3. The van der Waals surface area contributed by atoms with Crippen LogP contribution in [0.2, 0.25) is 0 Å². The smallest absolute Gasteiger partial charge is 0.152 e. The van der Waals surface area contributed by atoms with Crippen molar-refractivity contribution in [2.75, 3.05) is 36.0 Å². The van der Waals surface area contributed by atoms with Crippen LogP contribution in [0.5, 0.6) is 0 Å². The highest BCUT2D eigenvalue weighted by Gasteiger charge is 2.19. The topological polar surface area (TPSA) is 36.4 Å². The van der Waals surface area contributed by atoms with Crippen molar-refractivity contribution in [2.24, 2.45) is 0 Å². The molecule has 1 aliphatic heterocycles. The maximum atomic E-state index is 11.3. The first-order valence-electron chi connectivity index (χ1n) is 7.25. The molecule has 3 rings (SSSR count). The molecule has 0 radical (unpaired) electrons. The summed E-state index contributed by atoms with van der Waals surface area (Å²) in [6, 6.07) is 12.1. The third-order valence-corrected chi connectivity index (χ3v) is 3.90. The second-order valence-electron chi connectivity index (χ2n) is 5.34. The van der Waals surface area contributed by atoms with Crippen molar-refractivity contribution in [1.29, 1.82) is 0 Å². The lowest BCUT2D eigenvalue weighted by atomic mass is 10.1. The lowest BCUT2D eigenvalue weighted by Gasteiger charge is -2.37. The number of benzene rings is 1. The number of hydrogen-bond donors (Lipinski definition) is 0. The minimum Gasteiger partial charge on any atom is -0.367 e. The quantitative estimate of drug-likeness (QED) is 0.810. The predicted molar refractivity (Wildman–Crippen MR) is 85.2 cm³/mol. The molecule has 0 aliphatic carbocycles. The van der Waals surface area contributed by atoms with Crippen LogP contribution in [-0.2, 0) is 0 Å². The van der Waals surface area contributed by atoms with Crippen molar-refractivity contribution in [3.05, 3.63) is 53.7 Å². The largest absolute Gasteiger partial charge is 0.367 e. The Hall–Kier alpha value is -2.36. The minimum absolute atomic E-state index is 0.779. The average molecular weight is 281 g/mol. The molecule has 0 bridgehead atoms. The standard InChI is InChI=1S/C17H19N3O/c1-14-5-6-16(15(12-14)13-21)19-8-10-20(11-9-19)17-4-2-3-7-18-17/h2-7,12-13H,8-11H2,1H3. The lowest BCUT2D eigenvalue weighted by molar-refractivity contribution is 0.112. The number of aromatic nitrogens is 1. The molecule has 4 heteroatoms. The van der Waals surface area contributed by atoms with Gasteiger partial charge in [0, 0.05) is 43.6 Å². The zero-order valence-corrected chi connectivity index (χ0v) is 12.2. The van der Waals surface area contributed by atoms with Gasteiger partial charge in [0.1, 0.15) is 5.82 Å². The van der Waals surface area contributed by atoms with E-state index in [0.29, 0.717) is 0 Å². The van der Waals surface area contributed by atoms with E-state index >= 15 is 0 Å². The molecule has 1 aromatic carbocycles. The van der Waals surface area contributed by atoms with Crippen molar-refractivity contribution in [1.82, 2.24) is 4.98 Å². The number of rotatable bonds is 3. The van der Waals surface area contributed by atoms with Gasteiger partial charge in [-0.2, -0.15) is 0 Å². The monoisotopic (exact) mass is 281 g/mol. The van der Waals surface area contributed by atoms with Crippen LogP contribution in [0.4, 0.5) is 11.5 Å². The van der Waals surface area contributed by atoms with Gasteiger partial charge in [-0.25, -0.2) is 4.98 Å². The molecule has 4 nitrogen and oxygen atoms in total. The molecular formula is C17H19N3O. The van der Waals surface area contributed by atoms with Gasteiger partial charge in [-0.05, 0) is 31.2 Å². The van der Waals surface area contributed by atoms with Crippen molar-refractivity contribution in [2.45, 2.75) is 6.92 Å². The van der Waals surface area contributed by atoms with Crippen LogP contribution in [0, 0.1) is 6.92 Å². The van der Waals surface area contributed by atoms with E-state index in [1.165, 1.54) is 0 Å². The first-order valence-corrected chi connectivity index (χ1v) is 7.25. The second-order valence-corrected chi connectivity index (χ2v) is 5.34. The molecule has 1 aliphatic rings. The highest BCUT2D eigenvalue weighted by atomic mass is 16.1. The molecule has 1 fully saturated rings. The summed E-state index contributed by atoms with van der Waals surface area (Å²) in [5.74, 6) is 1.02. The normalized spacial score (nSPS) is 15.1. The van der Waals surface area contributed by atoms with Gasteiger partial charge in [0.25, 0.3) is 0 Å². The summed E-state index contributed by atoms with van der Waals surface area (Å²) < 4.78 is 0. The molecule has 2 aromatic rings. The van der Waals surface area contributed by atoms with E-state index in [0.717, 1.165) is 55.1 Å². The summed E-state index contributed by atoms with van der Waals surface area (Å²) >= 11 is 0. The van der Waals surface area contributed by atoms with Gasteiger partial charge in [-0.1, -0.05) is 17.7 Å². The molecule has 0 unspecified atom stereocenters. The van der Waals surface area contributed by atoms with Crippen LogP contribution >= 0.6 is 0 Å². The third-order valence-electron chi connectivity index (χ3n) is 3.90. The zero-order chi connectivity index (χ0) is 14.7. The first kappa shape index (κ1) is 13.6. The number of carbonyl (C=O) groups excluding carboxylic acids is 1. The van der Waals surface area contributed by atoms with Crippen molar-refractivity contribution in [3.8, 4) is 0 Å². The molecule has 1 saturated heterocycles. The van der Waals surface area contributed by atoms with Gasteiger partial charge in [0.2, 0.25) is 0 Å². The van der Waals surface area contributed by atoms with Crippen LogP contribution in [-0.4, -0.2) is 37.4 Å². The van der Waals surface area contributed by atoms with Crippen LogP contribution in [0.15, 0.2) is 42.6 Å². The summed E-state index contributed by atoms with van der Waals surface area (Å²) in [6.45, 7) is 5.66. The third kappa shape index (κ3) is 2.89. The maximum absolute atomic E-state index is 11.3. The SMILES string of the molecule is Cc1ccc(N2CCN(c3ccccn3)CC2)c(C=O)c1. The summed E-state index contributed by atoms with van der Waals surface area (Å²) in [7, 11) is 0. The Morgan fingerprint density at radius 1 is 1.05 bits per heavy atom. The van der Waals surface area contributed by atoms with Crippen LogP contribution in [0.25, 0.3) is 0 Å². The van der Waals surface area contributed by atoms with Crippen molar-refractivity contribution < 1.29 is 4.79 Å². The van der Waals surface area contributed by atoms with E-state index < -0.39 is 0 Å².